The Bertz CT molecular complexity index is 1260. The monoisotopic (exact) mass is 426 g/mol. The van der Waals surface area contributed by atoms with E-state index in [0.717, 1.165) is 16.8 Å². The number of nitriles is 1. The molecule has 9 heteroatoms. The van der Waals surface area contributed by atoms with Gasteiger partial charge in [0.1, 0.15) is 5.69 Å². The van der Waals surface area contributed by atoms with Crippen molar-refractivity contribution in [2.24, 2.45) is 5.73 Å². The van der Waals surface area contributed by atoms with Crippen LogP contribution in [0.15, 0.2) is 59.4 Å². The van der Waals surface area contributed by atoms with Gasteiger partial charge in [0.25, 0.3) is 5.89 Å². The third-order valence-electron chi connectivity index (χ3n) is 4.86. The molecule has 32 heavy (non-hydrogen) atoms. The molecule has 0 spiro atoms. The van der Waals surface area contributed by atoms with Crippen LogP contribution in [0.3, 0.4) is 0 Å². The van der Waals surface area contributed by atoms with Crippen molar-refractivity contribution in [3.05, 3.63) is 60.7 Å². The Morgan fingerprint density at radius 1 is 1.03 bits per heavy atom. The lowest BCUT2D eigenvalue weighted by molar-refractivity contribution is 0.582. The highest BCUT2D eigenvalue weighted by molar-refractivity contribution is 5.63. The molecule has 0 amide bonds. The first kappa shape index (κ1) is 21.1. The van der Waals surface area contributed by atoms with Gasteiger partial charge in [0.15, 0.2) is 0 Å². The van der Waals surface area contributed by atoms with Crippen LogP contribution in [0, 0.1) is 11.3 Å². The molecule has 0 radical (unpaired) electrons. The molecule has 1 aromatic carbocycles. The van der Waals surface area contributed by atoms with Crippen molar-refractivity contribution >= 4 is 5.69 Å². The minimum Gasteiger partial charge on any atom is -0.415 e. The molecule has 4 rings (SSSR count). The highest BCUT2D eigenvalue weighted by Gasteiger charge is 2.22. The Morgan fingerprint density at radius 2 is 1.78 bits per heavy atom. The summed E-state index contributed by atoms with van der Waals surface area (Å²) in [5.41, 5.74) is 9.10. The Balaban J connectivity index is 1.59. The Kier molecular flexibility index (Phi) is 5.87. The zero-order valence-electron chi connectivity index (χ0n) is 17.8. The molecule has 0 saturated carbocycles. The fraction of sp³-hybridized carbons (Fsp3) is 0.217. The highest BCUT2D eigenvalue weighted by atomic mass is 16.4. The predicted octanol–water partition coefficient (Wildman–Crippen LogP) is 3.43. The second kappa shape index (κ2) is 8.91. The second-order valence-corrected chi connectivity index (χ2v) is 7.66. The molecular formula is C23H22N8O. The topological polar surface area (TPSA) is 139 Å². The number of aromatic nitrogens is 5. The maximum absolute atomic E-state index is 9.40. The fourth-order valence-electron chi connectivity index (χ4n) is 2.99. The van der Waals surface area contributed by atoms with Crippen LogP contribution < -0.4 is 11.1 Å². The minimum absolute atomic E-state index is 0.270. The summed E-state index contributed by atoms with van der Waals surface area (Å²) in [7, 11) is 0. The highest BCUT2D eigenvalue weighted by Crippen LogP contribution is 2.27. The molecule has 3 N–H and O–H groups in total. The van der Waals surface area contributed by atoms with Crippen molar-refractivity contribution in [1.82, 2.24) is 25.1 Å². The first-order chi connectivity index (χ1) is 15.5. The van der Waals surface area contributed by atoms with Crippen molar-refractivity contribution in [3.63, 3.8) is 0 Å². The molecule has 0 aliphatic carbocycles. The third-order valence-corrected chi connectivity index (χ3v) is 4.86. The first-order valence-electron chi connectivity index (χ1n) is 10.1. The lowest BCUT2D eigenvalue weighted by atomic mass is 9.90. The number of rotatable bonds is 7. The van der Waals surface area contributed by atoms with Gasteiger partial charge >= 0.3 is 0 Å². The first-order valence-corrected chi connectivity index (χ1v) is 10.1. The zero-order valence-corrected chi connectivity index (χ0v) is 17.8. The maximum Gasteiger partial charge on any atom is 0.268 e. The largest absolute Gasteiger partial charge is 0.415 e. The van der Waals surface area contributed by atoms with Gasteiger partial charge in [-0.15, -0.1) is 10.2 Å². The second-order valence-electron chi connectivity index (χ2n) is 7.66. The fourth-order valence-corrected chi connectivity index (χ4v) is 2.99. The van der Waals surface area contributed by atoms with Crippen LogP contribution in [-0.4, -0.2) is 38.2 Å². The molecule has 0 bridgehead atoms. The van der Waals surface area contributed by atoms with E-state index in [1.54, 1.807) is 18.6 Å². The number of nitrogens with two attached hydrogens (primary N) is 1. The minimum atomic E-state index is -0.710. The Hall–Kier alpha value is -4.16. The van der Waals surface area contributed by atoms with Gasteiger partial charge in [-0.3, -0.25) is 9.97 Å². The van der Waals surface area contributed by atoms with Crippen LogP contribution in [0.1, 0.15) is 19.5 Å². The molecule has 9 nitrogen and oxygen atoms in total. The number of nitrogens with zero attached hydrogens (tertiary/aromatic N) is 6. The summed E-state index contributed by atoms with van der Waals surface area (Å²) in [6, 6.07) is 13.6. The normalized spacial score (nSPS) is 11.2. The molecule has 3 heterocycles. The van der Waals surface area contributed by atoms with Gasteiger partial charge in [-0.25, -0.2) is 4.98 Å². The zero-order chi connectivity index (χ0) is 22.6. The molecular weight excluding hydrogens is 404 g/mol. The van der Waals surface area contributed by atoms with Gasteiger partial charge in [0.2, 0.25) is 5.89 Å². The molecule has 4 aromatic rings. The van der Waals surface area contributed by atoms with Crippen LogP contribution >= 0.6 is 0 Å². The summed E-state index contributed by atoms with van der Waals surface area (Å²) in [5, 5.41) is 20.9. The molecule has 0 saturated heterocycles. The summed E-state index contributed by atoms with van der Waals surface area (Å²) in [4.78, 5) is 13.2. The molecule has 0 atom stereocenters. The molecule has 160 valence electrons. The van der Waals surface area contributed by atoms with Crippen molar-refractivity contribution in [2.75, 3.05) is 18.4 Å². The van der Waals surface area contributed by atoms with Crippen LogP contribution in [-0.2, 0) is 5.41 Å². The van der Waals surface area contributed by atoms with Crippen molar-refractivity contribution in [1.29, 1.82) is 5.26 Å². The van der Waals surface area contributed by atoms with E-state index in [4.69, 9.17) is 10.2 Å². The van der Waals surface area contributed by atoms with E-state index >= 15 is 0 Å². The quantitative estimate of drug-likeness (QED) is 0.455. The SMILES string of the molecule is CC(C)(C#N)c1cc(-c2cncc(-c3nnc(-c4ccc(NCCN)cc4)o3)n2)ccn1. The summed E-state index contributed by atoms with van der Waals surface area (Å²) < 4.78 is 5.84. The van der Waals surface area contributed by atoms with Crippen LogP contribution in [0.5, 0.6) is 0 Å². The molecule has 0 unspecified atom stereocenters. The number of pyridine rings is 1. The smallest absolute Gasteiger partial charge is 0.268 e. The average molecular weight is 426 g/mol. The van der Waals surface area contributed by atoms with Gasteiger partial charge in [-0.1, -0.05) is 0 Å². The van der Waals surface area contributed by atoms with E-state index in [1.807, 2.05) is 50.2 Å². The Morgan fingerprint density at radius 3 is 2.53 bits per heavy atom. The van der Waals surface area contributed by atoms with Crippen LogP contribution in [0.4, 0.5) is 5.69 Å². The molecule has 0 aliphatic heterocycles. The standard InChI is InChI=1S/C23H22N8O/c1-23(2,14-25)20-11-16(7-9-28-20)18-12-26-13-19(29-18)22-31-30-21(32-22)15-3-5-17(6-4-15)27-10-8-24/h3-7,9,11-13,27H,8,10,24H2,1-2H3. The summed E-state index contributed by atoms with van der Waals surface area (Å²) in [6.07, 6.45) is 4.88. The van der Waals surface area contributed by atoms with Crippen molar-refractivity contribution in [2.45, 2.75) is 19.3 Å². The summed E-state index contributed by atoms with van der Waals surface area (Å²) in [5.74, 6) is 0.658. The number of nitrogens with one attached hydrogen (secondary N) is 1. The number of anilines is 1. The van der Waals surface area contributed by atoms with E-state index in [9.17, 15) is 5.26 Å². The van der Waals surface area contributed by atoms with Gasteiger partial charge < -0.3 is 15.5 Å². The van der Waals surface area contributed by atoms with Gasteiger partial charge in [0, 0.05) is 36.1 Å². The molecule has 0 aliphatic rings. The summed E-state index contributed by atoms with van der Waals surface area (Å²) in [6.45, 7) is 4.90. The van der Waals surface area contributed by atoms with E-state index in [-0.39, 0.29) is 5.89 Å². The summed E-state index contributed by atoms with van der Waals surface area (Å²) >= 11 is 0. The van der Waals surface area contributed by atoms with Crippen molar-refractivity contribution < 1.29 is 4.42 Å². The average Bonchev–Trinajstić information content (AvgIpc) is 3.34. The van der Waals surface area contributed by atoms with Gasteiger partial charge in [-0.2, -0.15) is 5.26 Å². The number of benzene rings is 1. The molecule has 3 aromatic heterocycles. The molecule has 0 fully saturated rings. The third kappa shape index (κ3) is 4.45. The van der Waals surface area contributed by atoms with Gasteiger partial charge in [-0.05, 0) is 50.2 Å². The Labute approximate surface area is 185 Å². The van der Waals surface area contributed by atoms with E-state index < -0.39 is 5.41 Å². The van der Waals surface area contributed by atoms with E-state index in [0.29, 0.717) is 36.1 Å². The predicted molar refractivity (Wildman–Crippen MR) is 120 cm³/mol. The van der Waals surface area contributed by atoms with Crippen LogP contribution in [0.25, 0.3) is 34.3 Å². The lowest BCUT2D eigenvalue weighted by Gasteiger charge is -2.15. The van der Waals surface area contributed by atoms with E-state index in [2.05, 4.69) is 36.5 Å². The maximum atomic E-state index is 9.40. The lowest BCUT2D eigenvalue weighted by Crippen LogP contribution is -2.15. The van der Waals surface area contributed by atoms with Gasteiger partial charge in [0.05, 0.1) is 35.3 Å². The van der Waals surface area contributed by atoms with Crippen molar-refractivity contribution in [3.8, 4) is 40.4 Å². The number of hydrogen-bond donors (Lipinski definition) is 2. The number of hydrogen-bond acceptors (Lipinski definition) is 9. The van der Waals surface area contributed by atoms with E-state index in [1.165, 1.54) is 0 Å². The van der Waals surface area contributed by atoms with Crippen LogP contribution in [0.2, 0.25) is 0 Å².